The minimum Gasteiger partial charge on any atom is -0.464 e. The molecule has 0 radical (unpaired) electrons. The predicted octanol–water partition coefficient (Wildman–Crippen LogP) is 5.64. The van der Waals surface area contributed by atoms with Gasteiger partial charge in [0.2, 0.25) is 0 Å². The van der Waals surface area contributed by atoms with Crippen LogP contribution in [-0.2, 0) is 28.7 Å². The highest BCUT2D eigenvalue weighted by Gasteiger charge is 2.28. The molecule has 0 aromatic heterocycles. The van der Waals surface area contributed by atoms with Gasteiger partial charge < -0.3 is 19.2 Å². The van der Waals surface area contributed by atoms with Gasteiger partial charge in [0, 0.05) is 25.1 Å². The van der Waals surface area contributed by atoms with Crippen LogP contribution in [0, 0.1) is 5.41 Å². The lowest BCUT2D eigenvalue weighted by atomic mass is 9.73. The van der Waals surface area contributed by atoms with Crippen LogP contribution in [0.25, 0.3) is 5.57 Å². The average Bonchev–Trinajstić information content (AvgIpc) is 3.30. The zero-order chi connectivity index (χ0) is 29.4. The third kappa shape index (κ3) is 8.27. The lowest BCUT2D eigenvalue weighted by Gasteiger charge is -2.32. The number of carbonyl (C=O) groups excluding carboxylic acids is 3. The molecule has 0 saturated carbocycles. The summed E-state index contributed by atoms with van der Waals surface area (Å²) in [7, 11) is 0. The fourth-order valence-electron chi connectivity index (χ4n) is 5.03. The van der Waals surface area contributed by atoms with Crippen molar-refractivity contribution in [2.75, 3.05) is 31.2 Å². The molecule has 2 aromatic carbocycles. The molecule has 0 unspecified atom stereocenters. The highest BCUT2D eigenvalue weighted by Crippen LogP contribution is 2.42. The van der Waals surface area contributed by atoms with Crippen molar-refractivity contribution in [2.45, 2.75) is 40.5 Å². The molecule has 4 rings (SSSR count). The summed E-state index contributed by atoms with van der Waals surface area (Å²) in [5.74, 6) is -1.12. The van der Waals surface area contributed by atoms with E-state index in [1.54, 1.807) is 6.08 Å². The first-order valence-electron chi connectivity index (χ1n) is 13.7. The van der Waals surface area contributed by atoms with Gasteiger partial charge in [0.25, 0.3) is 0 Å². The molecule has 0 fully saturated rings. The highest BCUT2D eigenvalue weighted by atomic mass is 16.7. The van der Waals surface area contributed by atoms with Crippen LogP contribution in [0.5, 0.6) is 0 Å². The van der Waals surface area contributed by atoms with Crippen LogP contribution in [0.4, 0.5) is 5.69 Å². The number of hydrogen-bond donors (Lipinski definition) is 0. The molecule has 0 saturated heterocycles. The maximum Gasteiger partial charge on any atom is 0.368 e. The maximum atomic E-state index is 12.4. The van der Waals surface area contributed by atoms with Crippen molar-refractivity contribution in [1.82, 2.24) is 0 Å². The van der Waals surface area contributed by atoms with E-state index in [0.717, 1.165) is 35.2 Å². The summed E-state index contributed by atoms with van der Waals surface area (Å²) in [6, 6.07) is 17.8. The Morgan fingerprint density at radius 3 is 2.15 bits per heavy atom. The van der Waals surface area contributed by atoms with Gasteiger partial charge >= 0.3 is 17.9 Å². The average molecular weight is 557 g/mol. The Morgan fingerprint density at radius 1 is 0.902 bits per heavy atom. The number of anilines is 1. The van der Waals surface area contributed by atoms with Gasteiger partial charge in [-0.2, -0.15) is 0 Å². The van der Waals surface area contributed by atoms with Crippen LogP contribution >= 0.6 is 0 Å². The number of benzene rings is 2. The van der Waals surface area contributed by atoms with Crippen LogP contribution in [0.3, 0.4) is 0 Å². The molecule has 0 amide bonds. The highest BCUT2D eigenvalue weighted by molar-refractivity contribution is 6.28. The van der Waals surface area contributed by atoms with Crippen LogP contribution in [0.2, 0.25) is 0 Å². The SMILES string of the molecule is CC(=O)OCCN(CCOC(C)=O)c1ccc(C2=C/C(=C\C=C3\C(=O)ON=C3c3ccccc3)CC(C)(C)C2)cc1. The molecule has 0 spiro atoms. The quantitative estimate of drug-likeness (QED) is 0.212. The number of rotatable bonds is 10. The van der Waals surface area contributed by atoms with Gasteiger partial charge in [0.15, 0.2) is 0 Å². The monoisotopic (exact) mass is 556 g/mol. The van der Waals surface area contributed by atoms with Crippen LogP contribution < -0.4 is 4.90 Å². The Kier molecular flexibility index (Phi) is 9.55. The van der Waals surface area contributed by atoms with Gasteiger partial charge in [-0.3, -0.25) is 9.59 Å². The zero-order valence-electron chi connectivity index (χ0n) is 24.0. The largest absolute Gasteiger partial charge is 0.464 e. The van der Waals surface area contributed by atoms with Crippen LogP contribution in [0.1, 0.15) is 51.7 Å². The minimum absolute atomic E-state index is 0.0275. The Hall–Kier alpha value is -4.46. The summed E-state index contributed by atoms with van der Waals surface area (Å²) in [6.07, 6.45) is 7.75. The molecular formula is C33H36N2O6. The molecule has 8 nitrogen and oxygen atoms in total. The fraction of sp³-hybridized carbons (Fsp3) is 0.333. The Labute approximate surface area is 241 Å². The second-order valence-electron chi connectivity index (χ2n) is 10.9. The Bertz CT molecular complexity index is 1380. The molecule has 1 aliphatic heterocycles. The summed E-state index contributed by atoms with van der Waals surface area (Å²) in [6.45, 7) is 8.68. The number of allylic oxidation sites excluding steroid dienone is 5. The van der Waals surface area contributed by atoms with Crippen molar-refractivity contribution in [2.24, 2.45) is 10.6 Å². The van der Waals surface area contributed by atoms with Gasteiger partial charge in [-0.15, -0.1) is 0 Å². The summed E-state index contributed by atoms with van der Waals surface area (Å²) in [5, 5.41) is 4.00. The van der Waals surface area contributed by atoms with E-state index in [1.807, 2.05) is 53.4 Å². The molecule has 2 aliphatic rings. The normalized spacial score (nSPS) is 18.0. The van der Waals surface area contributed by atoms with Crippen molar-refractivity contribution in [1.29, 1.82) is 0 Å². The third-order valence-electron chi connectivity index (χ3n) is 6.85. The molecule has 214 valence electrons. The van der Waals surface area contributed by atoms with E-state index in [2.05, 4.69) is 37.2 Å². The first-order chi connectivity index (χ1) is 19.6. The van der Waals surface area contributed by atoms with E-state index in [4.69, 9.17) is 14.3 Å². The van der Waals surface area contributed by atoms with Crippen LogP contribution in [0.15, 0.2) is 89.1 Å². The van der Waals surface area contributed by atoms with Gasteiger partial charge in [-0.05, 0) is 53.2 Å². The summed E-state index contributed by atoms with van der Waals surface area (Å²) >= 11 is 0. The molecule has 1 heterocycles. The molecule has 0 N–H and O–H groups in total. The fourth-order valence-corrected chi connectivity index (χ4v) is 5.03. The minimum atomic E-state index is -0.456. The van der Waals surface area contributed by atoms with E-state index in [0.29, 0.717) is 24.4 Å². The molecular weight excluding hydrogens is 520 g/mol. The Morgan fingerprint density at radius 2 is 1.54 bits per heavy atom. The van der Waals surface area contributed by atoms with Gasteiger partial charge in [0.05, 0.1) is 18.7 Å². The summed E-state index contributed by atoms with van der Waals surface area (Å²) < 4.78 is 10.3. The summed E-state index contributed by atoms with van der Waals surface area (Å²) in [4.78, 5) is 41.9. The molecule has 1 aliphatic carbocycles. The maximum absolute atomic E-state index is 12.4. The van der Waals surface area contributed by atoms with Gasteiger partial charge in [0.1, 0.15) is 18.9 Å². The molecule has 0 bridgehead atoms. The van der Waals surface area contributed by atoms with Crippen molar-refractivity contribution in [3.05, 3.63) is 95.1 Å². The number of nitrogens with zero attached hydrogens (tertiary/aromatic N) is 2. The van der Waals surface area contributed by atoms with Crippen molar-refractivity contribution >= 4 is 34.9 Å². The molecule has 0 atom stereocenters. The van der Waals surface area contributed by atoms with E-state index >= 15 is 0 Å². The van der Waals surface area contributed by atoms with Gasteiger partial charge in [-0.1, -0.05) is 73.6 Å². The number of hydrogen-bond acceptors (Lipinski definition) is 8. The smallest absolute Gasteiger partial charge is 0.368 e. The molecule has 8 heteroatoms. The lowest BCUT2D eigenvalue weighted by Crippen LogP contribution is -2.31. The number of oxime groups is 1. The second kappa shape index (κ2) is 13.3. The number of carbonyl (C=O) groups is 3. The number of ether oxygens (including phenoxy) is 2. The van der Waals surface area contributed by atoms with E-state index in [-0.39, 0.29) is 30.6 Å². The third-order valence-corrected chi connectivity index (χ3v) is 6.85. The van der Waals surface area contributed by atoms with Crippen molar-refractivity contribution < 1.29 is 28.7 Å². The number of esters is 2. The first kappa shape index (κ1) is 29.5. The van der Waals surface area contributed by atoms with Gasteiger partial charge in [-0.25, -0.2) is 4.79 Å². The molecule has 41 heavy (non-hydrogen) atoms. The predicted molar refractivity (Wildman–Crippen MR) is 158 cm³/mol. The first-order valence-corrected chi connectivity index (χ1v) is 13.7. The second-order valence-corrected chi connectivity index (χ2v) is 10.9. The van der Waals surface area contributed by atoms with E-state index < -0.39 is 5.97 Å². The zero-order valence-corrected chi connectivity index (χ0v) is 24.0. The van der Waals surface area contributed by atoms with E-state index in [1.165, 1.54) is 19.4 Å². The standard InChI is InChI=1S/C33H36N2O6/c1-23(36)39-18-16-35(17-19-40-24(2)37)29-13-11-26(12-14-29)28-20-25(21-33(3,4)22-28)10-15-30-31(34-41-32(30)38)27-8-6-5-7-9-27/h5-15,20H,16-19,21-22H2,1-4H3/b25-10+,30-15+. The van der Waals surface area contributed by atoms with Crippen molar-refractivity contribution in [3.63, 3.8) is 0 Å². The topological polar surface area (TPSA) is 94.5 Å². The van der Waals surface area contributed by atoms with Crippen molar-refractivity contribution in [3.8, 4) is 0 Å². The Balaban J connectivity index is 1.55. The lowest BCUT2D eigenvalue weighted by molar-refractivity contribution is -0.141. The summed E-state index contributed by atoms with van der Waals surface area (Å²) in [5.41, 5.74) is 6.20. The molecule has 2 aromatic rings. The van der Waals surface area contributed by atoms with E-state index in [9.17, 15) is 14.4 Å². The van der Waals surface area contributed by atoms with Crippen LogP contribution in [-0.4, -0.2) is 49.9 Å².